The number of carboxylic acids is 1. The van der Waals surface area contributed by atoms with E-state index in [4.69, 9.17) is 16.6 Å². The van der Waals surface area contributed by atoms with Crippen LogP contribution in [0, 0.1) is 0 Å². The molecule has 0 saturated carbocycles. The van der Waals surface area contributed by atoms with E-state index >= 15 is 0 Å². The van der Waals surface area contributed by atoms with Crippen LogP contribution in [0.4, 0.5) is 19.0 Å². The highest BCUT2D eigenvalue weighted by atomic mass is 19.4. The van der Waals surface area contributed by atoms with Gasteiger partial charge >= 0.3 is 12.1 Å². The first-order chi connectivity index (χ1) is 18.1. The number of alkyl halides is 3. The molecule has 0 atom stereocenters. The van der Waals surface area contributed by atoms with Crippen LogP contribution in [0.15, 0.2) is 73.6 Å². The lowest BCUT2D eigenvalue weighted by molar-refractivity contribution is -0.142. The quantitative estimate of drug-likeness (QED) is 0.305. The molecule has 0 unspecified atom stereocenters. The van der Waals surface area contributed by atoms with Gasteiger partial charge in [-0.2, -0.15) is 23.4 Å². The summed E-state index contributed by atoms with van der Waals surface area (Å²) in [5.41, 5.74) is 11.7. The first-order valence-electron chi connectivity index (χ1n) is 11.3. The summed E-state index contributed by atoms with van der Waals surface area (Å²) < 4.78 is 41.1. The molecule has 5 rings (SSSR count). The molecule has 5 aromatic rings. The number of aromatic carboxylic acids is 1. The molecule has 0 radical (unpaired) electrons. The summed E-state index contributed by atoms with van der Waals surface area (Å²) in [5, 5.41) is 18.3. The molecule has 0 aliphatic rings. The zero-order valence-corrected chi connectivity index (χ0v) is 19.9. The molecule has 0 spiro atoms. The third-order valence-corrected chi connectivity index (χ3v) is 5.53. The van der Waals surface area contributed by atoms with Gasteiger partial charge in [-0.1, -0.05) is 36.4 Å². The third-order valence-electron chi connectivity index (χ3n) is 5.53. The van der Waals surface area contributed by atoms with Crippen molar-refractivity contribution in [2.75, 3.05) is 5.73 Å². The fourth-order valence-corrected chi connectivity index (χ4v) is 3.68. The molecule has 2 aromatic carbocycles. The first kappa shape index (κ1) is 26.3. The van der Waals surface area contributed by atoms with Gasteiger partial charge in [0.05, 0.1) is 13.1 Å². The summed E-state index contributed by atoms with van der Waals surface area (Å²) in [6.07, 6.45) is 0.765. The Morgan fingerprint density at radius 3 is 2.18 bits per heavy atom. The van der Waals surface area contributed by atoms with Gasteiger partial charge in [0.15, 0.2) is 5.69 Å². The Morgan fingerprint density at radius 2 is 1.63 bits per heavy atom. The molecular formula is C25H23F3N8O2. The Morgan fingerprint density at radius 1 is 0.974 bits per heavy atom. The number of pyridine rings is 1. The van der Waals surface area contributed by atoms with Crippen LogP contribution in [0.25, 0.3) is 10.8 Å². The maximum atomic E-state index is 12.8. The minimum atomic E-state index is -4.82. The predicted octanol–water partition coefficient (Wildman–Crippen LogP) is 3.56. The maximum Gasteiger partial charge on any atom is 0.436 e. The van der Waals surface area contributed by atoms with Gasteiger partial charge in [0.25, 0.3) is 0 Å². The van der Waals surface area contributed by atoms with Crippen LogP contribution in [0.1, 0.15) is 32.7 Å². The summed E-state index contributed by atoms with van der Waals surface area (Å²) >= 11 is 0. The molecule has 0 saturated heterocycles. The number of benzene rings is 2. The lowest BCUT2D eigenvalue weighted by atomic mass is 10.1. The van der Waals surface area contributed by atoms with Crippen LogP contribution in [-0.4, -0.2) is 40.6 Å². The van der Waals surface area contributed by atoms with E-state index < -0.39 is 23.4 Å². The molecule has 3 aromatic heterocycles. The van der Waals surface area contributed by atoms with Crippen molar-refractivity contribution in [3.63, 3.8) is 0 Å². The molecule has 10 nitrogen and oxygen atoms in total. The highest BCUT2D eigenvalue weighted by Crippen LogP contribution is 2.30. The molecule has 0 aliphatic carbocycles. The third kappa shape index (κ3) is 6.31. The lowest BCUT2D eigenvalue weighted by Gasteiger charge is -2.05. The predicted molar refractivity (Wildman–Crippen MR) is 133 cm³/mol. The number of fused-ring (bicyclic) bond motifs is 1. The number of nitrogens with two attached hydrogens (primary N) is 2. The molecule has 3 heterocycles. The van der Waals surface area contributed by atoms with E-state index in [1.54, 1.807) is 29.3 Å². The van der Waals surface area contributed by atoms with E-state index in [-0.39, 0.29) is 6.54 Å². The van der Waals surface area contributed by atoms with Crippen LogP contribution in [0.5, 0.6) is 0 Å². The largest absolute Gasteiger partial charge is 0.478 e. The standard InChI is InChI=1S/C15H12F3N5O2.C10H11N3/c16-15(17,18)13-12(14(24)25)7-22(21-13)5-10-1-3-11(4-2-10)6-23-9-19-8-20-23;11-6-7-1-2-9-8(5-7)3-4-13-10(9)12/h1-4,7-9H,5-6H2,(H,24,25);1-5H,6,11H2,(H2,12,13). The average molecular weight is 525 g/mol. The number of anilines is 1. The molecule has 0 fully saturated rings. The van der Waals surface area contributed by atoms with E-state index in [0.29, 0.717) is 24.5 Å². The molecule has 196 valence electrons. The lowest BCUT2D eigenvalue weighted by Crippen LogP contribution is -2.12. The Labute approximate surface area is 214 Å². The highest BCUT2D eigenvalue weighted by molar-refractivity contribution is 5.91. The van der Waals surface area contributed by atoms with Gasteiger partial charge in [0, 0.05) is 24.3 Å². The minimum Gasteiger partial charge on any atom is -0.478 e. The number of nitrogens with zero attached hydrogens (tertiary/aromatic N) is 6. The van der Waals surface area contributed by atoms with Gasteiger partial charge in [0.2, 0.25) is 0 Å². The average Bonchev–Trinajstić information content (AvgIpc) is 3.56. The number of halogens is 3. The highest BCUT2D eigenvalue weighted by Gasteiger charge is 2.39. The van der Waals surface area contributed by atoms with Crippen LogP contribution in [0.2, 0.25) is 0 Å². The van der Waals surface area contributed by atoms with Crippen LogP contribution >= 0.6 is 0 Å². The number of carboxylic acid groups (broad SMARTS) is 1. The first-order valence-corrected chi connectivity index (χ1v) is 11.3. The summed E-state index contributed by atoms with van der Waals surface area (Å²) in [6.45, 7) is 1.10. The maximum absolute atomic E-state index is 12.8. The Bertz CT molecular complexity index is 1530. The number of aromatic nitrogens is 6. The second-order valence-corrected chi connectivity index (χ2v) is 8.26. The minimum absolute atomic E-state index is 0.0277. The number of nitrogen functional groups attached to an aromatic ring is 1. The van der Waals surface area contributed by atoms with Crippen molar-refractivity contribution < 1.29 is 23.1 Å². The van der Waals surface area contributed by atoms with Gasteiger partial charge < -0.3 is 16.6 Å². The number of hydrogen-bond acceptors (Lipinski definition) is 7. The molecular weight excluding hydrogens is 501 g/mol. The van der Waals surface area contributed by atoms with Crippen molar-refractivity contribution in [2.24, 2.45) is 5.73 Å². The van der Waals surface area contributed by atoms with Crippen molar-refractivity contribution in [1.29, 1.82) is 0 Å². The van der Waals surface area contributed by atoms with E-state index in [1.807, 2.05) is 36.4 Å². The fourth-order valence-electron chi connectivity index (χ4n) is 3.68. The fraction of sp³-hybridized carbons (Fsp3) is 0.160. The Hall–Kier alpha value is -4.78. The van der Waals surface area contributed by atoms with Gasteiger partial charge in [-0.25, -0.2) is 19.4 Å². The van der Waals surface area contributed by atoms with E-state index in [2.05, 4.69) is 20.2 Å². The monoisotopic (exact) mass is 524 g/mol. The van der Waals surface area contributed by atoms with E-state index in [0.717, 1.165) is 32.8 Å². The van der Waals surface area contributed by atoms with Crippen LogP contribution in [-0.2, 0) is 25.8 Å². The Kier molecular flexibility index (Phi) is 7.67. The van der Waals surface area contributed by atoms with Gasteiger partial charge in [-0.15, -0.1) is 0 Å². The zero-order valence-electron chi connectivity index (χ0n) is 19.9. The van der Waals surface area contributed by atoms with Crippen molar-refractivity contribution in [1.82, 2.24) is 29.5 Å². The van der Waals surface area contributed by atoms with Crippen molar-refractivity contribution in [3.05, 3.63) is 102 Å². The number of hydrogen-bond donors (Lipinski definition) is 3. The summed E-state index contributed by atoms with van der Waals surface area (Å²) in [7, 11) is 0. The second-order valence-electron chi connectivity index (χ2n) is 8.26. The van der Waals surface area contributed by atoms with E-state index in [9.17, 15) is 18.0 Å². The molecule has 5 N–H and O–H groups in total. The van der Waals surface area contributed by atoms with Crippen LogP contribution in [0.3, 0.4) is 0 Å². The zero-order chi connectivity index (χ0) is 27.3. The van der Waals surface area contributed by atoms with Crippen LogP contribution < -0.4 is 11.5 Å². The smallest absolute Gasteiger partial charge is 0.436 e. The van der Waals surface area contributed by atoms with Crippen molar-refractivity contribution in [3.8, 4) is 0 Å². The summed E-state index contributed by atoms with van der Waals surface area (Å²) in [4.78, 5) is 18.8. The Balaban J connectivity index is 0.000000216. The SMILES string of the molecule is NCc1ccc2c(N)nccc2c1.O=C(O)c1cn(Cc2ccc(Cn3cncn3)cc2)nc1C(F)(F)F. The molecule has 0 aliphatic heterocycles. The molecule has 0 bridgehead atoms. The molecule has 0 amide bonds. The molecule has 13 heteroatoms. The van der Waals surface area contributed by atoms with E-state index in [1.165, 1.54) is 6.33 Å². The van der Waals surface area contributed by atoms with Crippen molar-refractivity contribution >= 4 is 22.6 Å². The van der Waals surface area contributed by atoms with Gasteiger partial charge in [0.1, 0.15) is 24.0 Å². The second kappa shape index (κ2) is 11.1. The van der Waals surface area contributed by atoms with Gasteiger partial charge in [-0.3, -0.25) is 4.68 Å². The summed E-state index contributed by atoms with van der Waals surface area (Å²) in [5.74, 6) is -1.09. The van der Waals surface area contributed by atoms with Crippen molar-refractivity contribution in [2.45, 2.75) is 25.8 Å². The van der Waals surface area contributed by atoms with Gasteiger partial charge in [-0.05, 0) is 34.2 Å². The topological polar surface area (TPSA) is 151 Å². The number of carbonyl (C=O) groups is 1. The number of rotatable bonds is 6. The summed E-state index contributed by atoms with van der Waals surface area (Å²) in [6, 6.07) is 15.0. The molecule has 38 heavy (non-hydrogen) atoms. The normalized spacial score (nSPS) is 11.3.